The summed E-state index contributed by atoms with van der Waals surface area (Å²) in [5.74, 6) is 0. The van der Waals surface area contributed by atoms with Gasteiger partial charge in [-0.1, -0.05) is 42.0 Å². The lowest BCUT2D eigenvalue weighted by molar-refractivity contribution is 0.761. The fourth-order valence-corrected chi connectivity index (χ4v) is 3.19. The first kappa shape index (κ1) is 14.1. The predicted octanol–water partition coefficient (Wildman–Crippen LogP) is 4.10. The average Bonchev–Trinajstić information content (AvgIpc) is 2.69. The summed E-state index contributed by atoms with van der Waals surface area (Å²) in [5.41, 5.74) is 11.9. The van der Waals surface area contributed by atoms with Gasteiger partial charge in [0.05, 0.1) is 5.69 Å². The first-order valence-electron chi connectivity index (χ1n) is 7.43. The first-order chi connectivity index (χ1) is 10.2. The molecule has 0 radical (unpaired) electrons. The first-order valence-corrected chi connectivity index (χ1v) is 7.83. The minimum Gasteiger partial charge on any atom is -0.389 e. The Balaban J connectivity index is 2.14. The summed E-state index contributed by atoms with van der Waals surface area (Å²) >= 11 is 5.26. The minimum atomic E-state index is 0.468. The third-order valence-corrected chi connectivity index (χ3v) is 4.29. The van der Waals surface area contributed by atoms with Crippen LogP contribution in [0.5, 0.6) is 0 Å². The van der Waals surface area contributed by atoms with Crippen molar-refractivity contribution in [1.29, 1.82) is 0 Å². The third kappa shape index (κ3) is 2.79. The van der Waals surface area contributed by atoms with Crippen LogP contribution in [0.25, 0.3) is 0 Å². The highest BCUT2D eigenvalue weighted by Gasteiger charge is 2.19. The van der Waals surface area contributed by atoms with Crippen LogP contribution in [0, 0.1) is 6.92 Å². The van der Waals surface area contributed by atoms with Gasteiger partial charge < -0.3 is 10.6 Å². The zero-order chi connectivity index (χ0) is 14.8. The van der Waals surface area contributed by atoms with Crippen LogP contribution in [0.3, 0.4) is 0 Å². The molecule has 0 saturated heterocycles. The maximum Gasteiger partial charge on any atom is 0.106 e. The summed E-state index contributed by atoms with van der Waals surface area (Å²) in [7, 11) is 0. The van der Waals surface area contributed by atoms with E-state index in [1.165, 1.54) is 29.7 Å². The smallest absolute Gasteiger partial charge is 0.106 e. The van der Waals surface area contributed by atoms with E-state index in [-0.39, 0.29) is 0 Å². The molecule has 2 aromatic rings. The van der Waals surface area contributed by atoms with Crippen molar-refractivity contribution in [1.82, 2.24) is 0 Å². The fraction of sp³-hybridized carbons (Fsp3) is 0.278. The standard InChI is InChI=1S/C18H20N2S/c1-13-9-10-17(15(12-13)18(19)21)20-11-5-4-7-14-6-2-3-8-16(14)20/h2-3,6,8-10,12H,4-5,7,11H2,1H3,(H2,19,21). The van der Waals surface area contributed by atoms with Crippen LogP contribution in [-0.4, -0.2) is 11.5 Å². The summed E-state index contributed by atoms with van der Waals surface area (Å²) in [6.07, 6.45) is 3.54. The van der Waals surface area contributed by atoms with E-state index in [1.54, 1.807) is 0 Å². The summed E-state index contributed by atoms with van der Waals surface area (Å²) < 4.78 is 0. The van der Waals surface area contributed by atoms with Crippen molar-refractivity contribution in [3.05, 3.63) is 59.2 Å². The molecule has 0 fully saturated rings. The van der Waals surface area contributed by atoms with Crippen LogP contribution in [0.1, 0.15) is 29.5 Å². The molecule has 21 heavy (non-hydrogen) atoms. The van der Waals surface area contributed by atoms with Crippen molar-refractivity contribution in [2.75, 3.05) is 11.4 Å². The Morgan fingerprint density at radius 1 is 1.10 bits per heavy atom. The number of thiocarbonyl (C=S) groups is 1. The molecular weight excluding hydrogens is 276 g/mol. The maximum absolute atomic E-state index is 5.95. The molecule has 0 aromatic heterocycles. The van der Waals surface area contributed by atoms with E-state index in [0.29, 0.717) is 4.99 Å². The molecule has 0 unspecified atom stereocenters. The number of hydrogen-bond donors (Lipinski definition) is 1. The van der Waals surface area contributed by atoms with Crippen molar-refractivity contribution >= 4 is 28.6 Å². The minimum absolute atomic E-state index is 0.468. The monoisotopic (exact) mass is 296 g/mol. The number of hydrogen-bond acceptors (Lipinski definition) is 2. The van der Waals surface area contributed by atoms with Gasteiger partial charge in [-0.15, -0.1) is 0 Å². The maximum atomic E-state index is 5.95. The SMILES string of the molecule is Cc1ccc(N2CCCCc3ccccc32)c(C(N)=S)c1. The largest absolute Gasteiger partial charge is 0.389 e. The van der Waals surface area contributed by atoms with Crippen LogP contribution < -0.4 is 10.6 Å². The topological polar surface area (TPSA) is 29.3 Å². The summed E-state index contributed by atoms with van der Waals surface area (Å²) in [4.78, 5) is 2.84. The molecule has 2 nitrogen and oxygen atoms in total. The van der Waals surface area contributed by atoms with Gasteiger partial charge in [0.1, 0.15) is 4.99 Å². The van der Waals surface area contributed by atoms with Crippen LogP contribution in [0.4, 0.5) is 11.4 Å². The molecule has 0 aliphatic carbocycles. The number of rotatable bonds is 2. The lowest BCUT2D eigenvalue weighted by atomic mass is 10.1. The van der Waals surface area contributed by atoms with Gasteiger partial charge in [0.15, 0.2) is 0 Å². The molecule has 2 N–H and O–H groups in total. The predicted molar refractivity (Wildman–Crippen MR) is 93.5 cm³/mol. The van der Waals surface area contributed by atoms with E-state index in [1.807, 2.05) is 0 Å². The van der Waals surface area contributed by atoms with Crippen LogP contribution in [0.15, 0.2) is 42.5 Å². The van der Waals surface area contributed by atoms with E-state index in [9.17, 15) is 0 Å². The molecule has 3 heteroatoms. The Hall–Kier alpha value is -1.87. The Bertz CT molecular complexity index is 679. The number of anilines is 2. The molecule has 0 bridgehead atoms. The highest BCUT2D eigenvalue weighted by atomic mass is 32.1. The highest BCUT2D eigenvalue weighted by Crippen LogP contribution is 2.34. The third-order valence-electron chi connectivity index (χ3n) is 4.07. The second kappa shape index (κ2) is 5.86. The summed E-state index contributed by atoms with van der Waals surface area (Å²) in [5, 5.41) is 0. The fourth-order valence-electron chi connectivity index (χ4n) is 3.02. The molecule has 1 heterocycles. The van der Waals surface area contributed by atoms with Gasteiger partial charge in [-0.05, 0) is 49.9 Å². The van der Waals surface area contributed by atoms with Gasteiger partial charge in [0.2, 0.25) is 0 Å². The van der Waals surface area contributed by atoms with E-state index < -0.39 is 0 Å². The lowest BCUT2D eigenvalue weighted by Crippen LogP contribution is -2.22. The quantitative estimate of drug-likeness (QED) is 0.846. The normalized spacial score (nSPS) is 14.4. The Morgan fingerprint density at radius 3 is 2.71 bits per heavy atom. The molecule has 1 aliphatic heterocycles. The zero-order valence-electron chi connectivity index (χ0n) is 12.3. The summed E-state index contributed by atoms with van der Waals surface area (Å²) in [6.45, 7) is 3.08. The van der Waals surface area contributed by atoms with Gasteiger partial charge in [-0.25, -0.2) is 0 Å². The molecule has 108 valence electrons. The van der Waals surface area contributed by atoms with E-state index in [0.717, 1.165) is 24.2 Å². The van der Waals surface area contributed by atoms with Gasteiger partial charge >= 0.3 is 0 Å². The van der Waals surface area contributed by atoms with Gasteiger partial charge in [-0.3, -0.25) is 0 Å². The Kier molecular flexibility index (Phi) is 3.93. The number of nitrogens with two attached hydrogens (primary N) is 1. The van der Waals surface area contributed by atoms with Crippen LogP contribution in [0.2, 0.25) is 0 Å². The van der Waals surface area contributed by atoms with Crippen molar-refractivity contribution in [2.24, 2.45) is 5.73 Å². The number of aryl methyl sites for hydroxylation is 2. The molecule has 0 atom stereocenters. The number of para-hydroxylation sites is 1. The van der Waals surface area contributed by atoms with Crippen molar-refractivity contribution < 1.29 is 0 Å². The van der Waals surface area contributed by atoms with E-state index in [4.69, 9.17) is 18.0 Å². The van der Waals surface area contributed by atoms with Crippen molar-refractivity contribution in [2.45, 2.75) is 26.2 Å². The zero-order valence-corrected chi connectivity index (χ0v) is 13.1. The molecule has 2 aromatic carbocycles. The molecule has 3 rings (SSSR count). The van der Waals surface area contributed by atoms with Crippen molar-refractivity contribution in [3.63, 3.8) is 0 Å². The molecule has 0 saturated carbocycles. The number of fused-ring (bicyclic) bond motifs is 1. The lowest BCUT2D eigenvalue weighted by Gasteiger charge is -2.27. The number of nitrogens with zero attached hydrogens (tertiary/aromatic N) is 1. The average molecular weight is 296 g/mol. The van der Waals surface area contributed by atoms with Gasteiger partial charge in [0.25, 0.3) is 0 Å². The number of benzene rings is 2. The van der Waals surface area contributed by atoms with Crippen molar-refractivity contribution in [3.8, 4) is 0 Å². The van der Waals surface area contributed by atoms with Gasteiger partial charge in [-0.2, -0.15) is 0 Å². The van der Waals surface area contributed by atoms with Crippen LogP contribution >= 0.6 is 12.2 Å². The molecule has 0 amide bonds. The summed E-state index contributed by atoms with van der Waals surface area (Å²) in [6, 6.07) is 15.0. The van der Waals surface area contributed by atoms with Gasteiger partial charge in [0, 0.05) is 17.8 Å². The Labute approximate surface area is 131 Å². The van der Waals surface area contributed by atoms with E-state index in [2.05, 4.69) is 54.3 Å². The molecule has 0 spiro atoms. The van der Waals surface area contributed by atoms with Crippen LogP contribution in [-0.2, 0) is 6.42 Å². The molecular formula is C18H20N2S. The second-order valence-corrected chi connectivity index (χ2v) is 6.06. The Morgan fingerprint density at radius 2 is 1.90 bits per heavy atom. The highest BCUT2D eigenvalue weighted by molar-refractivity contribution is 7.80. The second-order valence-electron chi connectivity index (χ2n) is 5.62. The van der Waals surface area contributed by atoms with E-state index >= 15 is 0 Å². The molecule has 1 aliphatic rings.